The number of nitrogens with zero attached hydrogens (tertiary/aromatic N) is 5. The molecule has 6 rings (SSSR count). The largest absolute Gasteiger partial charge is 0.379 e. The van der Waals surface area contributed by atoms with E-state index in [9.17, 15) is 0 Å². The van der Waals surface area contributed by atoms with Gasteiger partial charge in [0.1, 0.15) is 5.82 Å². The number of nitrogens with one attached hydrogen (secondary N) is 1. The van der Waals surface area contributed by atoms with Crippen LogP contribution < -0.4 is 5.32 Å². The lowest BCUT2D eigenvalue weighted by Gasteiger charge is -2.27. The van der Waals surface area contributed by atoms with Crippen molar-refractivity contribution in [2.45, 2.75) is 46.2 Å². The van der Waals surface area contributed by atoms with Crippen molar-refractivity contribution in [2.75, 3.05) is 39.4 Å². The Bertz CT molecular complexity index is 1450. The lowest BCUT2D eigenvalue weighted by atomic mass is 9.97. The first kappa shape index (κ1) is 25.1. The van der Waals surface area contributed by atoms with E-state index in [2.05, 4.69) is 27.9 Å². The molecule has 0 spiro atoms. The minimum Gasteiger partial charge on any atom is -0.379 e. The van der Waals surface area contributed by atoms with Crippen LogP contribution in [-0.4, -0.2) is 64.0 Å². The van der Waals surface area contributed by atoms with E-state index in [4.69, 9.17) is 19.8 Å². The number of morpholine rings is 1. The minimum absolute atomic E-state index is 0.178. The van der Waals surface area contributed by atoms with Gasteiger partial charge in [0.15, 0.2) is 0 Å². The first-order chi connectivity index (χ1) is 18.5. The highest BCUT2D eigenvalue weighted by Gasteiger charge is 2.23. The standard InChI is InChI=1S/C30H35FN6O/c1-19-15-22(16-26(31)25(19)18-36-11-13-38-14-12-36)24-5-4-6-27-30(24)34-28(17-33-27)29-20(2)35-37(21(29)3)23-7-9-32-10-8-23/h4-6,15-17,23,32H,7-14,18H2,1-3H3. The van der Waals surface area contributed by atoms with Crippen molar-refractivity contribution in [3.05, 3.63) is 64.9 Å². The molecule has 4 heterocycles. The summed E-state index contributed by atoms with van der Waals surface area (Å²) < 4.78 is 23.1. The second-order valence-corrected chi connectivity index (χ2v) is 10.5. The number of ether oxygens (including phenoxy) is 1. The van der Waals surface area contributed by atoms with Crippen molar-refractivity contribution in [1.82, 2.24) is 30.0 Å². The van der Waals surface area contributed by atoms with Crippen molar-refractivity contribution in [3.8, 4) is 22.4 Å². The average molecular weight is 515 g/mol. The molecule has 2 fully saturated rings. The van der Waals surface area contributed by atoms with Gasteiger partial charge < -0.3 is 10.1 Å². The molecule has 7 nitrogen and oxygen atoms in total. The first-order valence-corrected chi connectivity index (χ1v) is 13.6. The van der Waals surface area contributed by atoms with Crippen LogP contribution in [0.4, 0.5) is 4.39 Å². The van der Waals surface area contributed by atoms with Gasteiger partial charge in [-0.3, -0.25) is 14.6 Å². The number of para-hydroxylation sites is 1. The van der Waals surface area contributed by atoms with E-state index < -0.39 is 0 Å². The normalized spacial score (nSPS) is 17.4. The van der Waals surface area contributed by atoms with Gasteiger partial charge in [-0.15, -0.1) is 0 Å². The monoisotopic (exact) mass is 514 g/mol. The highest BCUT2D eigenvalue weighted by Crippen LogP contribution is 2.34. The van der Waals surface area contributed by atoms with Crippen LogP contribution in [0, 0.1) is 26.6 Å². The minimum atomic E-state index is -0.178. The van der Waals surface area contributed by atoms with Gasteiger partial charge in [-0.1, -0.05) is 18.2 Å². The summed E-state index contributed by atoms with van der Waals surface area (Å²) in [6.07, 6.45) is 3.98. The molecule has 0 atom stereocenters. The van der Waals surface area contributed by atoms with Gasteiger partial charge in [-0.05, 0) is 70.0 Å². The van der Waals surface area contributed by atoms with Gasteiger partial charge in [-0.2, -0.15) is 5.10 Å². The molecule has 38 heavy (non-hydrogen) atoms. The van der Waals surface area contributed by atoms with Crippen LogP contribution in [0.1, 0.15) is 41.4 Å². The molecule has 0 aliphatic carbocycles. The molecule has 2 aromatic heterocycles. The van der Waals surface area contributed by atoms with E-state index in [0.717, 1.165) is 95.0 Å². The molecule has 0 bridgehead atoms. The number of hydrogen-bond acceptors (Lipinski definition) is 6. The van der Waals surface area contributed by atoms with Crippen LogP contribution >= 0.6 is 0 Å². The van der Waals surface area contributed by atoms with Crippen LogP contribution in [0.5, 0.6) is 0 Å². The van der Waals surface area contributed by atoms with Crippen LogP contribution in [0.15, 0.2) is 36.5 Å². The maximum Gasteiger partial charge on any atom is 0.128 e. The van der Waals surface area contributed by atoms with E-state index in [1.165, 1.54) is 0 Å². The zero-order valence-corrected chi connectivity index (χ0v) is 22.4. The number of aromatic nitrogens is 4. The van der Waals surface area contributed by atoms with Crippen LogP contribution in [0.3, 0.4) is 0 Å². The fraction of sp³-hybridized carbons (Fsp3) is 0.433. The zero-order valence-electron chi connectivity index (χ0n) is 22.4. The van der Waals surface area contributed by atoms with Gasteiger partial charge in [0.25, 0.3) is 0 Å². The Morgan fingerprint density at radius 3 is 2.63 bits per heavy atom. The topological polar surface area (TPSA) is 68.1 Å². The third-order valence-electron chi connectivity index (χ3n) is 8.02. The molecule has 2 saturated heterocycles. The zero-order chi connectivity index (χ0) is 26.2. The van der Waals surface area contributed by atoms with Crippen LogP contribution in [0.25, 0.3) is 33.4 Å². The van der Waals surface area contributed by atoms with E-state index in [-0.39, 0.29) is 5.82 Å². The Kier molecular flexibility index (Phi) is 6.95. The van der Waals surface area contributed by atoms with Crippen molar-refractivity contribution < 1.29 is 9.13 Å². The molecular formula is C30H35FN6O. The lowest BCUT2D eigenvalue weighted by Crippen LogP contribution is -2.36. The number of fused-ring (bicyclic) bond motifs is 1. The van der Waals surface area contributed by atoms with Crippen molar-refractivity contribution in [3.63, 3.8) is 0 Å². The molecule has 198 valence electrons. The Labute approximate surface area is 223 Å². The van der Waals surface area contributed by atoms with Gasteiger partial charge in [0, 0.05) is 42.0 Å². The third kappa shape index (κ3) is 4.72. The molecule has 2 aromatic carbocycles. The first-order valence-electron chi connectivity index (χ1n) is 13.6. The summed E-state index contributed by atoms with van der Waals surface area (Å²) in [4.78, 5) is 12.1. The molecular weight excluding hydrogens is 479 g/mol. The Morgan fingerprint density at radius 1 is 1.08 bits per heavy atom. The molecule has 2 aliphatic heterocycles. The highest BCUT2D eigenvalue weighted by atomic mass is 19.1. The Morgan fingerprint density at radius 2 is 1.87 bits per heavy atom. The van der Waals surface area contributed by atoms with Crippen LogP contribution in [0.2, 0.25) is 0 Å². The number of piperidine rings is 1. The van der Waals surface area contributed by atoms with Gasteiger partial charge in [0.2, 0.25) is 0 Å². The van der Waals surface area contributed by atoms with E-state index in [0.29, 0.717) is 25.8 Å². The van der Waals surface area contributed by atoms with Crippen molar-refractivity contribution in [2.24, 2.45) is 0 Å². The lowest BCUT2D eigenvalue weighted by molar-refractivity contribution is 0.0336. The van der Waals surface area contributed by atoms with E-state index >= 15 is 4.39 Å². The number of hydrogen-bond donors (Lipinski definition) is 1. The van der Waals surface area contributed by atoms with Gasteiger partial charge >= 0.3 is 0 Å². The van der Waals surface area contributed by atoms with Gasteiger partial charge in [0.05, 0.1) is 47.9 Å². The second-order valence-electron chi connectivity index (χ2n) is 10.5. The SMILES string of the molecule is Cc1cc(-c2cccc3ncc(-c4c(C)nn(C5CCNCC5)c4C)nc23)cc(F)c1CN1CCOCC1. The summed E-state index contributed by atoms with van der Waals surface area (Å²) in [7, 11) is 0. The predicted molar refractivity (Wildman–Crippen MR) is 148 cm³/mol. The quantitative estimate of drug-likeness (QED) is 0.405. The molecule has 4 aromatic rings. The fourth-order valence-electron chi connectivity index (χ4n) is 5.94. The predicted octanol–water partition coefficient (Wildman–Crippen LogP) is 4.98. The van der Waals surface area contributed by atoms with Crippen LogP contribution in [-0.2, 0) is 11.3 Å². The second kappa shape index (κ2) is 10.5. The number of halogens is 1. The fourth-order valence-corrected chi connectivity index (χ4v) is 5.94. The molecule has 1 N–H and O–H groups in total. The third-order valence-corrected chi connectivity index (χ3v) is 8.02. The van der Waals surface area contributed by atoms with E-state index in [1.54, 1.807) is 6.07 Å². The van der Waals surface area contributed by atoms with Gasteiger partial charge in [-0.25, -0.2) is 9.37 Å². The average Bonchev–Trinajstić information content (AvgIpc) is 3.24. The molecule has 2 aliphatic rings. The summed E-state index contributed by atoms with van der Waals surface area (Å²) in [5.74, 6) is -0.178. The summed E-state index contributed by atoms with van der Waals surface area (Å²) in [6.45, 7) is 11.8. The maximum absolute atomic E-state index is 15.5. The van der Waals surface area contributed by atoms with Crippen molar-refractivity contribution >= 4 is 11.0 Å². The highest BCUT2D eigenvalue weighted by molar-refractivity contribution is 5.92. The molecule has 0 unspecified atom stereocenters. The molecule has 0 saturated carbocycles. The number of aryl methyl sites for hydroxylation is 2. The molecule has 0 amide bonds. The Balaban J connectivity index is 1.38. The summed E-state index contributed by atoms with van der Waals surface area (Å²) in [6, 6.07) is 10.1. The molecule has 8 heteroatoms. The Hall–Kier alpha value is -3.20. The molecule has 0 radical (unpaired) electrons. The summed E-state index contributed by atoms with van der Waals surface area (Å²) in [5, 5.41) is 8.34. The smallest absolute Gasteiger partial charge is 0.128 e. The number of rotatable bonds is 5. The van der Waals surface area contributed by atoms with Crippen molar-refractivity contribution in [1.29, 1.82) is 0 Å². The summed E-state index contributed by atoms with van der Waals surface area (Å²) in [5.41, 5.74) is 8.90. The number of benzene rings is 2. The maximum atomic E-state index is 15.5. The van der Waals surface area contributed by atoms with E-state index in [1.807, 2.05) is 38.2 Å². The summed E-state index contributed by atoms with van der Waals surface area (Å²) >= 11 is 0.